The van der Waals surface area contributed by atoms with Crippen LogP contribution in [0.5, 0.6) is 0 Å². The van der Waals surface area contributed by atoms with E-state index >= 15 is 0 Å². The zero-order chi connectivity index (χ0) is 15.4. The summed E-state index contributed by atoms with van der Waals surface area (Å²) in [5.41, 5.74) is 0.803. The van der Waals surface area contributed by atoms with E-state index in [4.69, 9.17) is 9.47 Å². The summed E-state index contributed by atoms with van der Waals surface area (Å²) >= 11 is 1.41. The first-order valence-corrected chi connectivity index (χ1v) is 8.44. The molecule has 0 unspecified atom stereocenters. The van der Waals surface area contributed by atoms with Crippen LogP contribution in [0.1, 0.15) is 25.7 Å². The smallest absolute Gasteiger partial charge is 0.307 e. The third-order valence-corrected chi connectivity index (χ3v) is 5.04. The van der Waals surface area contributed by atoms with Crippen molar-refractivity contribution in [3.63, 3.8) is 0 Å². The second kappa shape index (κ2) is 7.15. The lowest BCUT2D eigenvalue weighted by Gasteiger charge is -2.24. The molecule has 22 heavy (non-hydrogen) atoms. The number of rotatable bonds is 4. The molecule has 1 N–H and O–H groups in total. The topological polar surface area (TPSA) is 64.6 Å². The van der Waals surface area contributed by atoms with E-state index in [9.17, 15) is 9.59 Å². The van der Waals surface area contributed by atoms with Gasteiger partial charge in [0.2, 0.25) is 5.91 Å². The van der Waals surface area contributed by atoms with Crippen LogP contribution in [0.4, 0.5) is 5.69 Å². The highest BCUT2D eigenvalue weighted by molar-refractivity contribution is 8.01. The van der Waals surface area contributed by atoms with Gasteiger partial charge in [-0.05, 0) is 31.4 Å². The van der Waals surface area contributed by atoms with Gasteiger partial charge in [-0.2, -0.15) is 0 Å². The van der Waals surface area contributed by atoms with Crippen LogP contribution >= 0.6 is 11.8 Å². The molecule has 1 aromatic carbocycles. The van der Waals surface area contributed by atoms with Gasteiger partial charge in [-0.1, -0.05) is 12.1 Å². The molecule has 2 heterocycles. The van der Waals surface area contributed by atoms with Crippen molar-refractivity contribution in [1.29, 1.82) is 0 Å². The van der Waals surface area contributed by atoms with Crippen molar-refractivity contribution in [3.8, 4) is 0 Å². The first-order chi connectivity index (χ1) is 10.7. The molecule has 5 nitrogen and oxygen atoms in total. The van der Waals surface area contributed by atoms with E-state index < -0.39 is 5.25 Å². The number of thioether (sulfide) groups is 1. The maximum absolute atomic E-state index is 12.0. The third-order valence-electron chi connectivity index (χ3n) is 3.76. The van der Waals surface area contributed by atoms with Gasteiger partial charge in [-0.15, -0.1) is 11.8 Å². The summed E-state index contributed by atoms with van der Waals surface area (Å²) < 4.78 is 10.8. The van der Waals surface area contributed by atoms with Gasteiger partial charge in [-0.3, -0.25) is 9.59 Å². The second-order valence-corrected chi connectivity index (χ2v) is 6.71. The minimum absolute atomic E-state index is 0.00580. The Kier molecular flexibility index (Phi) is 5.00. The Hall–Kier alpha value is -1.53. The fourth-order valence-electron chi connectivity index (χ4n) is 2.56. The molecular formula is C16H19NO4S. The molecule has 0 spiro atoms. The number of ether oxygens (including phenoxy) is 2. The SMILES string of the molecule is O=C(C[C@H]1Sc2ccccc2NC1=O)OC[C@@H]1CCCCO1. The summed E-state index contributed by atoms with van der Waals surface area (Å²) in [6.45, 7) is 1.02. The van der Waals surface area contributed by atoms with E-state index in [2.05, 4.69) is 5.32 Å². The second-order valence-electron chi connectivity index (χ2n) is 5.47. The highest BCUT2D eigenvalue weighted by atomic mass is 32.2. The minimum Gasteiger partial charge on any atom is -0.463 e. The van der Waals surface area contributed by atoms with Gasteiger partial charge in [0.15, 0.2) is 0 Å². The Morgan fingerprint density at radius 3 is 3.05 bits per heavy atom. The molecule has 0 bridgehead atoms. The summed E-state index contributed by atoms with van der Waals surface area (Å²) in [4.78, 5) is 25.0. The summed E-state index contributed by atoms with van der Waals surface area (Å²) in [6.07, 6.45) is 3.20. The van der Waals surface area contributed by atoms with Gasteiger partial charge < -0.3 is 14.8 Å². The molecule has 1 saturated heterocycles. The molecule has 2 aliphatic heterocycles. The number of fused-ring (bicyclic) bond motifs is 1. The van der Waals surface area contributed by atoms with Crippen LogP contribution in [0.3, 0.4) is 0 Å². The lowest BCUT2D eigenvalue weighted by atomic mass is 10.1. The fourth-order valence-corrected chi connectivity index (χ4v) is 3.66. The van der Waals surface area contributed by atoms with Crippen molar-refractivity contribution in [2.45, 2.75) is 41.9 Å². The van der Waals surface area contributed by atoms with Crippen LogP contribution in [0.15, 0.2) is 29.2 Å². The van der Waals surface area contributed by atoms with Gasteiger partial charge in [0, 0.05) is 11.5 Å². The summed E-state index contributed by atoms with van der Waals surface area (Å²) in [5.74, 6) is -0.490. The number of anilines is 1. The fraction of sp³-hybridized carbons (Fsp3) is 0.500. The number of benzene rings is 1. The molecular weight excluding hydrogens is 302 g/mol. The Balaban J connectivity index is 1.50. The van der Waals surface area contributed by atoms with Crippen molar-refractivity contribution in [3.05, 3.63) is 24.3 Å². The maximum Gasteiger partial charge on any atom is 0.307 e. The summed E-state index contributed by atoms with van der Waals surface area (Å²) in [5, 5.41) is 2.39. The Morgan fingerprint density at radius 2 is 2.23 bits per heavy atom. The summed E-state index contributed by atoms with van der Waals surface area (Å²) in [7, 11) is 0. The quantitative estimate of drug-likeness (QED) is 0.864. The summed E-state index contributed by atoms with van der Waals surface area (Å²) in [6, 6.07) is 7.58. The Morgan fingerprint density at radius 1 is 1.36 bits per heavy atom. The molecule has 0 aliphatic carbocycles. The lowest BCUT2D eigenvalue weighted by molar-refractivity contribution is -0.149. The molecule has 0 saturated carbocycles. The zero-order valence-corrected chi connectivity index (χ0v) is 13.1. The Bertz CT molecular complexity index is 557. The zero-order valence-electron chi connectivity index (χ0n) is 12.2. The van der Waals surface area contributed by atoms with Crippen LogP contribution in [-0.2, 0) is 19.1 Å². The number of hydrogen-bond acceptors (Lipinski definition) is 5. The number of para-hydroxylation sites is 1. The molecule has 0 radical (unpaired) electrons. The van der Waals surface area contributed by atoms with Crippen LogP contribution < -0.4 is 5.32 Å². The van der Waals surface area contributed by atoms with Crippen LogP contribution in [0, 0.1) is 0 Å². The average molecular weight is 321 g/mol. The van der Waals surface area contributed by atoms with E-state index in [0.29, 0.717) is 0 Å². The monoisotopic (exact) mass is 321 g/mol. The molecule has 2 atom stereocenters. The molecule has 3 rings (SSSR count). The van der Waals surface area contributed by atoms with E-state index in [1.807, 2.05) is 24.3 Å². The number of esters is 1. The van der Waals surface area contributed by atoms with Crippen LogP contribution in [-0.4, -0.2) is 36.4 Å². The lowest BCUT2D eigenvalue weighted by Crippen LogP contribution is -2.32. The molecule has 1 fully saturated rings. The molecule has 1 amide bonds. The van der Waals surface area contributed by atoms with Gasteiger partial charge in [0.05, 0.1) is 23.5 Å². The standard InChI is InChI=1S/C16H19NO4S/c18-15(21-10-11-5-3-4-8-20-11)9-14-16(19)17-12-6-1-2-7-13(12)22-14/h1-2,6-7,11,14H,3-5,8-10H2,(H,17,19)/t11-,14+/m0/s1. The predicted molar refractivity (Wildman–Crippen MR) is 83.9 cm³/mol. The largest absolute Gasteiger partial charge is 0.463 e. The van der Waals surface area contributed by atoms with Crippen molar-refractivity contribution in [1.82, 2.24) is 0 Å². The van der Waals surface area contributed by atoms with Crippen LogP contribution in [0.2, 0.25) is 0 Å². The Labute approximate surface area is 133 Å². The number of hydrogen-bond donors (Lipinski definition) is 1. The number of carbonyl (C=O) groups excluding carboxylic acids is 2. The van der Waals surface area contributed by atoms with Gasteiger partial charge in [0.1, 0.15) is 6.61 Å². The van der Waals surface area contributed by atoms with Crippen molar-refractivity contribution in [2.24, 2.45) is 0 Å². The van der Waals surface area contributed by atoms with E-state index in [1.54, 1.807) is 0 Å². The number of nitrogens with one attached hydrogen (secondary N) is 1. The van der Waals surface area contributed by atoms with Crippen LogP contribution in [0.25, 0.3) is 0 Å². The third kappa shape index (κ3) is 3.81. The molecule has 0 aromatic heterocycles. The molecule has 1 aromatic rings. The van der Waals surface area contributed by atoms with E-state index in [1.165, 1.54) is 11.8 Å². The highest BCUT2D eigenvalue weighted by Gasteiger charge is 2.29. The highest BCUT2D eigenvalue weighted by Crippen LogP contribution is 2.36. The normalized spacial score (nSPS) is 24.3. The minimum atomic E-state index is -0.435. The molecule has 118 valence electrons. The van der Waals surface area contributed by atoms with Gasteiger partial charge in [-0.25, -0.2) is 0 Å². The van der Waals surface area contributed by atoms with Gasteiger partial charge in [0.25, 0.3) is 0 Å². The van der Waals surface area contributed by atoms with Crippen molar-refractivity contribution >= 4 is 29.3 Å². The predicted octanol–water partition coefficient (Wildman–Crippen LogP) is 2.60. The maximum atomic E-state index is 12.0. The average Bonchev–Trinajstić information content (AvgIpc) is 2.55. The van der Waals surface area contributed by atoms with Crippen molar-refractivity contribution < 1.29 is 19.1 Å². The molecule has 2 aliphatic rings. The van der Waals surface area contributed by atoms with Gasteiger partial charge >= 0.3 is 5.97 Å². The first kappa shape index (κ1) is 15.4. The molecule has 6 heteroatoms. The number of carbonyl (C=O) groups is 2. The van der Waals surface area contributed by atoms with Crippen molar-refractivity contribution in [2.75, 3.05) is 18.5 Å². The van der Waals surface area contributed by atoms with E-state index in [-0.39, 0.29) is 31.0 Å². The first-order valence-electron chi connectivity index (χ1n) is 7.56. The number of amides is 1. The van der Waals surface area contributed by atoms with E-state index in [0.717, 1.165) is 36.5 Å².